The Kier molecular flexibility index (Phi) is 27.4. The molecule has 78 heavy (non-hydrogen) atoms. The van der Waals surface area contributed by atoms with Gasteiger partial charge in [-0.2, -0.15) is 5.53 Å². The van der Waals surface area contributed by atoms with E-state index in [1.807, 2.05) is 39.0 Å². The second-order valence-corrected chi connectivity index (χ2v) is 23.5. The molecule has 7 heterocycles. The van der Waals surface area contributed by atoms with Crippen LogP contribution in [-0.2, 0) is 36.7 Å². The summed E-state index contributed by atoms with van der Waals surface area (Å²) in [6, 6.07) is 10.5. The largest absolute Gasteiger partial charge is 0.381 e. The molecule has 5 fully saturated rings. The number of carbonyl (C=O) groups is 1. The molecular formula is C63H103N9O5S. The number of nitrogens with one attached hydrogen (secondary N) is 3. The van der Waals surface area contributed by atoms with Crippen molar-refractivity contribution in [3.05, 3.63) is 78.0 Å². The number of unbranched alkanes of at least 4 members (excludes halogenated alkanes) is 2. The van der Waals surface area contributed by atoms with Gasteiger partial charge in [-0.25, -0.2) is 10.4 Å². The summed E-state index contributed by atoms with van der Waals surface area (Å²) in [6.45, 7) is 42.2. The van der Waals surface area contributed by atoms with Gasteiger partial charge in [-0.15, -0.1) is 24.5 Å². The van der Waals surface area contributed by atoms with Crippen molar-refractivity contribution in [2.75, 3.05) is 84.3 Å². The highest BCUT2D eigenvalue weighted by atomic mass is 32.1. The first kappa shape index (κ1) is 64.8. The number of rotatable bonds is 26. The standard InChI is InChI=1S/C53H79N9O4S.C4H8O.2C2H6.C2H4/c1-8-55-58-56-21-11-9-10-13-48(61-36-53(5,6)37-61)51-57-46(35-67-51)39-14-17-47-43(31-39)45(33-52(3,4)20-12-27-63)50(62(47)26-30-66-42-18-28-65-29-19-42)44-32-41(34-54-49(44)38(2)64-7)60-24-22-59(23-25-60)40-15-16-40;1-4-2-3-5-4;3*1-2/h8,14,17,27,31-32,34-35,38,40,42,48,55-56,58H,1,9-13,15-16,18-26,28-30,33,36-37H2,2-7H3;4H,2-3H2,1H3;2*1-2H3;1-2H2. The zero-order chi connectivity index (χ0) is 56.7. The molecule has 4 saturated heterocycles. The van der Waals surface area contributed by atoms with Gasteiger partial charge in [0.2, 0.25) is 0 Å². The second-order valence-electron chi connectivity index (χ2n) is 22.6. The first-order chi connectivity index (χ1) is 37.9. The van der Waals surface area contributed by atoms with Crippen molar-refractivity contribution >= 4 is 34.2 Å². The van der Waals surface area contributed by atoms with E-state index in [-0.39, 0.29) is 17.6 Å². The fraction of sp³-hybridized carbons (Fsp3) is 0.667. The van der Waals surface area contributed by atoms with Gasteiger partial charge in [-0.3, -0.25) is 14.8 Å². The summed E-state index contributed by atoms with van der Waals surface area (Å²) in [6.07, 6.45) is 17.7. The quantitative estimate of drug-likeness (QED) is 0.0239. The van der Waals surface area contributed by atoms with Crippen LogP contribution in [0.15, 0.2) is 61.8 Å². The highest BCUT2D eigenvalue weighted by molar-refractivity contribution is 7.10. The van der Waals surface area contributed by atoms with Crippen LogP contribution in [0.4, 0.5) is 5.69 Å². The molecule has 4 aromatic rings. The molecule has 436 valence electrons. The van der Waals surface area contributed by atoms with E-state index in [4.69, 9.17) is 28.9 Å². The lowest BCUT2D eigenvalue weighted by atomic mass is 9.80. The Bertz CT molecular complexity index is 2360. The minimum atomic E-state index is -0.223. The van der Waals surface area contributed by atoms with Crippen LogP contribution >= 0.6 is 11.3 Å². The fourth-order valence-corrected chi connectivity index (χ4v) is 12.1. The number of ether oxygens (including phenoxy) is 4. The Morgan fingerprint density at radius 2 is 1.68 bits per heavy atom. The topological polar surface area (TPSA) is 131 Å². The predicted molar refractivity (Wildman–Crippen MR) is 326 cm³/mol. The van der Waals surface area contributed by atoms with Crippen molar-refractivity contribution in [3.8, 4) is 22.5 Å². The van der Waals surface area contributed by atoms with E-state index in [1.165, 1.54) is 46.4 Å². The maximum Gasteiger partial charge on any atom is 0.120 e. The van der Waals surface area contributed by atoms with Crippen LogP contribution < -0.4 is 21.3 Å². The van der Waals surface area contributed by atoms with E-state index in [0.29, 0.717) is 37.1 Å². The zero-order valence-corrected chi connectivity index (χ0v) is 51.0. The molecule has 15 heteroatoms. The number of pyridine rings is 1. The number of likely N-dealkylation sites (tertiary alicyclic amines) is 1. The number of benzene rings is 1. The summed E-state index contributed by atoms with van der Waals surface area (Å²) < 4.78 is 25.9. The van der Waals surface area contributed by atoms with E-state index in [1.54, 1.807) is 13.3 Å². The van der Waals surface area contributed by atoms with Gasteiger partial charge in [0.05, 0.1) is 59.9 Å². The van der Waals surface area contributed by atoms with Gasteiger partial charge < -0.3 is 38.6 Å². The third-order valence-corrected chi connectivity index (χ3v) is 16.5. The summed E-state index contributed by atoms with van der Waals surface area (Å²) in [4.78, 5) is 30.4. The zero-order valence-electron chi connectivity index (χ0n) is 50.2. The van der Waals surface area contributed by atoms with Gasteiger partial charge in [0.1, 0.15) is 11.3 Å². The lowest BCUT2D eigenvalue weighted by molar-refractivity contribution is -0.108. The number of carbonyl (C=O) groups excluding carboxylic acids is 1. The molecule has 1 saturated carbocycles. The second kappa shape index (κ2) is 33.0. The van der Waals surface area contributed by atoms with Crippen LogP contribution in [0.2, 0.25) is 0 Å². The highest BCUT2D eigenvalue weighted by Crippen LogP contribution is 2.45. The monoisotopic (exact) mass is 1100 g/mol. The van der Waals surface area contributed by atoms with Crippen molar-refractivity contribution in [2.45, 2.75) is 183 Å². The molecule has 0 spiro atoms. The molecule has 4 aliphatic heterocycles. The third kappa shape index (κ3) is 18.5. The maximum absolute atomic E-state index is 11.9. The van der Waals surface area contributed by atoms with Crippen LogP contribution in [0.1, 0.15) is 168 Å². The molecule has 1 aromatic carbocycles. The molecule has 1 aliphatic carbocycles. The molecular weight excluding hydrogens is 995 g/mol. The lowest BCUT2D eigenvalue weighted by Crippen LogP contribution is -2.54. The first-order valence-electron chi connectivity index (χ1n) is 29.8. The molecule has 0 radical (unpaired) electrons. The van der Waals surface area contributed by atoms with E-state index < -0.39 is 0 Å². The van der Waals surface area contributed by atoms with Gasteiger partial charge in [0, 0.05) is 125 Å². The first-order valence-corrected chi connectivity index (χ1v) is 30.7. The van der Waals surface area contributed by atoms with Gasteiger partial charge >= 0.3 is 0 Å². The Hall–Kier alpha value is -4.03. The average molecular weight is 1100 g/mol. The number of methoxy groups -OCH3 is 1. The number of fused-ring (bicyclic) bond motifs is 1. The van der Waals surface area contributed by atoms with Crippen molar-refractivity contribution in [1.29, 1.82) is 0 Å². The maximum atomic E-state index is 11.9. The molecule has 0 amide bonds. The highest BCUT2D eigenvalue weighted by Gasteiger charge is 2.40. The van der Waals surface area contributed by atoms with Crippen LogP contribution in [0.3, 0.4) is 0 Å². The molecule has 3 unspecified atom stereocenters. The Morgan fingerprint density at radius 1 is 0.974 bits per heavy atom. The summed E-state index contributed by atoms with van der Waals surface area (Å²) in [7, 11) is 1.78. The Morgan fingerprint density at radius 3 is 2.29 bits per heavy atom. The fourth-order valence-electron chi connectivity index (χ4n) is 11.1. The van der Waals surface area contributed by atoms with Gasteiger partial charge in [0.15, 0.2) is 0 Å². The van der Waals surface area contributed by atoms with E-state index in [9.17, 15) is 4.79 Å². The van der Waals surface area contributed by atoms with Gasteiger partial charge in [0.25, 0.3) is 0 Å². The smallest absolute Gasteiger partial charge is 0.120 e. The van der Waals surface area contributed by atoms with E-state index >= 15 is 0 Å². The van der Waals surface area contributed by atoms with Crippen molar-refractivity contribution < 1.29 is 23.7 Å². The minimum absolute atomic E-state index is 0.151. The number of aldehydes is 1. The molecule has 5 aliphatic rings. The average Bonchev–Trinajstić information content (AvgIpc) is 4.16. The predicted octanol–water partition coefficient (Wildman–Crippen LogP) is 12.9. The van der Waals surface area contributed by atoms with Crippen LogP contribution in [0.5, 0.6) is 0 Å². The van der Waals surface area contributed by atoms with Gasteiger partial charge in [-0.1, -0.05) is 80.9 Å². The summed E-state index contributed by atoms with van der Waals surface area (Å²) in [5.74, 6) is 0. The lowest BCUT2D eigenvalue weighted by Gasteiger charge is -2.49. The number of thiazole rings is 1. The normalized spacial score (nSPS) is 19.2. The molecule has 3 atom stereocenters. The van der Waals surface area contributed by atoms with Crippen LogP contribution in [-0.4, -0.2) is 128 Å². The SMILES string of the molecule is C=C.C=CNNNCCCCCC(c1nc(-c2ccc3c(c2)c(CC(C)(C)CCC=O)c(-c2cc(N4CCN(C5CC5)CC4)cnc2C(C)OC)n3CCOC2CCOCC2)cs1)N1CC(C)(C)C1.CC.CC.CC1CCO1. The van der Waals surface area contributed by atoms with Crippen molar-refractivity contribution in [1.82, 2.24) is 40.7 Å². The summed E-state index contributed by atoms with van der Waals surface area (Å²) in [5.41, 5.74) is 18.2. The van der Waals surface area contributed by atoms with Crippen molar-refractivity contribution in [3.63, 3.8) is 0 Å². The van der Waals surface area contributed by atoms with E-state index in [0.717, 1.165) is 158 Å². The number of aromatic nitrogens is 3. The number of piperazine rings is 1. The van der Waals surface area contributed by atoms with E-state index in [2.05, 4.69) is 133 Å². The van der Waals surface area contributed by atoms with Crippen molar-refractivity contribution in [2.24, 2.45) is 10.8 Å². The number of hydrogen-bond acceptors (Lipinski definition) is 14. The van der Waals surface area contributed by atoms with Crippen LogP contribution in [0, 0.1) is 10.8 Å². The molecule has 0 bridgehead atoms. The number of nitrogens with zero attached hydrogens (tertiary/aromatic N) is 6. The molecule has 9 rings (SSSR count). The third-order valence-electron chi connectivity index (χ3n) is 15.5. The minimum Gasteiger partial charge on any atom is -0.381 e. The summed E-state index contributed by atoms with van der Waals surface area (Å²) in [5, 5.41) is 4.70. The summed E-state index contributed by atoms with van der Waals surface area (Å²) >= 11 is 1.81. The molecule has 3 N–H and O–H groups in total. The number of hydrazine groups is 2. The van der Waals surface area contributed by atoms with Crippen LogP contribution in [0.25, 0.3) is 33.4 Å². The van der Waals surface area contributed by atoms with Gasteiger partial charge in [-0.05, 0) is 106 Å². The molecule has 14 nitrogen and oxygen atoms in total. The molecule has 3 aromatic heterocycles. The Balaban J connectivity index is 0.000000934. The Labute approximate surface area is 475 Å². The number of anilines is 1. The number of hydrogen-bond donors (Lipinski definition) is 3.